The van der Waals surface area contributed by atoms with Crippen LogP contribution < -0.4 is 19.1 Å². The van der Waals surface area contributed by atoms with Crippen molar-refractivity contribution in [1.29, 1.82) is 0 Å². The number of barbiturate groups is 1. The number of amides is 4. The molecular formula is C31H30N2O7S. The van der Waals surface area contributed by atoms with Crippen LogP contribution in [0.5, 0.6) is 11.5 Å². The topological polar surface area (TPSA) is 119 Å². The molecule has 4 rings (SSSR count). The Morgan fingerprint density at radius 2 is 1.66 bits per heavy atom. The lowest BCUT2D eigenvalue weighted by Gasteiger charge is -2.27. The second-order valence-corrected chi connectivity index (χ2v) is 11.1. The molecule has 0 unspecified atom stereocenters. The van der Waals surface area contributed by atoms with Crippen LogP contribution >= 0.6 is 0 Å². The molecule has 4 amide bonds. The fraction of sp³-hybridized carbons (Fsp3) is 0.194. The first-order chi connectivity index (χ1) is 19.4. The number of allylic oxidation sites excluding steroid dienone is 1. The Hall–Kier alpha value is -4.70. The van der Waals surface area contributed by atoms with Gasteiger partial charge in [-0.1, -0.05) is 29.8 Å². The van der Waals surface area contributed by atoms with Crippen molar-refractivity contribution in [3.05, 3.63) is 101 Å². The molecule has 3 aromatic carbocycles. The van der Waals surface area contributed by atoms with Crippen LogP contribution in [0.4, 0.5) is 10.5 Å². The molecule has 0 aromatic heterocycles. The number of aryl methyl sites for hydroxylation is 3. The van der Waals surface area contributed by atoms with Crippen molar-refractivity contribution >= 4 is 39.7 Å². The predicted molar refractivity (Wildman–Crippen MR) is 155 cm³/mol. The van der Waals surface area contributed by atoms with Crippen LogP contribution in [0.1, 0.15) is 34.7 Å². The van der Waals surface area contributed by atoms with E-state index in [1.165, 1.54) is 24.3 Å². The summed E-state index contributed by atoms with van der Waals surface area (Å²) in [6.45, 7) is 11.3. The van der Waals surface area contributed by atoms with E-state index in [-0.39, 0.29) is 35.0 Å². The second kappa shape index (κ2) is 11.8. The Balaban J connectivity index is 1.78. The lowest BCUT2D eigenvalue weighted by Crippen LogP contribution is -2.54. The van der Waals surface area contributed by atoms with E-state index < -0.39 is 28.0 Å². The van der Waals surface area contributed by atoms with Crippen LogP contribution in [0.15, 0.2) is 77.7 Å². The highest BCUT2D eigenvalue weighted by molar-refractivity contribution is 7.87. The molecule has 0 radical (unpaired) electrons. The van der Waals surface area contributed by atoms with Crippen LogP contribution in [0.3, 0.4) is 0 Å². The Morgan fingerprint density at radius 1 is 0.951 bits per heavy atom. The van der Waals surface area contributed by atoms with Gasteiger partial charge in [0.15, 0.2) is 11.5 Å². The van der Waals surface area contributed by atoms with Gasteiger partial charge >= 0.3 is 16.1 Å². The zero-order valence-corrected chi connectivity index (χ0v) is 24.0. The third kappa shape index (κ3) is 6.22. The summed E-state index contributed by atoms with van der Waals surface area (Å²) in [5, 5.41) is 2.21. The number of carbonyl (C=O) groups excluding carboxylic acids is 3. The van der Waals surface area contributed by atoms with Gasteiger partial charge < -0.3 is 8.92 Å². The minimum absolute atomic E-state index is 0.0260. The number of urea groups is 1. The van der Waals surface area contributed by atoms with Crippen LogP contribution in [0.25, 0.3) is 6.08 Å². The van der Waals surface area contributed by atoms with Gasteiger partial charge in [0.2, 0.25) is 0 Å². The first-order valence-corrected chi connectivity index (χ1v) is 14.3. The number of hydrogen-bond acceptors (Lipinski definition) is 7. The molecule has 1 saturated heterocycles. The fourth-order valence-corrected chi connectivity index (χ4v) is 5.19. The average molecular weight is 575 g/mol. The van der Waals surface area contributed by atoms with E-state index in [0.29, 0.717) is 16.8 Å². The molecule has 212 valence electrons. The van der Waals surface area contributed by atoms with E-state index in [4.69, 9.17) is 8.92 Å². The van der Waals surface area contributed by atoms with Crippen molar-refractivity contribution in [3.8, 4) is 11.5 Å². The van der Waals surface area contributed by atoms with Crippen molar-refractivity contribution in [2.75, 3.05) is 11.5 Å². The van der Waals surface area contributed by atoms with Gasteiger partial charge in [-0.05, 0) is 93.3 Å². The Labute approximate surface area is 239 Å². The Kier molecular flexibility index (Phi) is 8.44. The van der Waals surface area contributed by atoms with E-state index in [9.17, 15) is 22.8 Å². The fourth-order valence-electron chi connectivity index (χ4n) is 4.22. The summed E-state index contributed by atoms with van der Waals surface area (Å²) < 4.78 is 37.5. The molecule has 0 bridgehead atoms. The third-order valence-corrected chi connectivity index (χ3v) is 7.72. The molecule has 41 heavy (non-hydrogen) atoms. The maximum absolute atomic E-state index is 13.4. The largest absolute Gasteiger partial charge is 0.490 e. The predicted octanol–water partition coefficient (Wildman–Crippen LogP) is 5.17. The Bertz CT molecular complexity index is 1690. The molecule has 0 atom stereocenters. The van der Waals surface area contributed by atoms with Gasteiger partial charge in [-0.3, -0.25) is 14.9 Å². The first kappa shape index (κ1) is 29.3. The van der Waals surface area contributed by atoms with Crippen molar-refractivity contribution < 1.29 is 31.7 Å². The third-order valence-electron chi connectivity index (χ3n) is 6.48. The molecule has 1 N–H and O–H groups in total. The number of hydrogen-bond donors (Lipinski definition) is 1. The van der Waals surface area contributed by atoms with Crippen LogP contribution in [0, 0.1) is 20.8 Å². The second-order valence-electron chi connectivity index (χ2n) is 9.51. The maximum atomic E-state index is 13.4. The molecular weight excluding hydrogens is 544 g/mol. The first-order valence-electron chi connectivity index (χ1n) is 12.9. The molecule has 0 aliphatic carbocycles. The molecule has 1 aliphatic rings. The highest BCUT2D eigenvalue weighted by atomic mass is 32.2. The highest BCUT2D eigenvalue weighted by Crippen LogP contribution is 2.37. The smallest absolute Gasteiger partial charge is 0.339 e. The van der Waals surface area contributed by atoms with Crippen LogP contribution in [0.2, 0.25) is 0 Å². The number of nitrogens with zero attached hydrogens (tertiary/aromatic N) is 1. The summed E-state index contributed by atoms with van der Waals surface area (Å²) >= 11 is 0. The standard InChI is InChI=1S/C31H30N2O7S/c1-6-8-23-16-22(18-27(39-7-2)28(23)40-41(37,38)25-13-9-19(3)10-14-25)17-26-29(34)32-31(36)33(30(26)35)24-12-11-20(4)21(5)15-24/h6,9-18H,1,7-8H2,2-5H3,(H,32,34,36)/b26-17+. The maximum Gasteiger partial charge on any atom is 0.339 e. The molecule has 1 aliphatic heterocycles. The van der Waals surface area contributed by atoms with E-state index in [2.05, 4.69) is 11.9 Å². The zero-order chi connectivity index (χ0) is 29.9. The van der Waals surface area contributed by atoms with Gasteiger partial charge in [-0.25, -0.2) is 9.69 Å². The lowest BCUT2D eigenvalue weighted by atomic mass is 10.0. The molecule has 10 heteroatoms. The van der Waals surface area contributed by atoms with Crippen molar-refractivity contribution in [2.24, 2.45) is 0 Å². The van der Waals surface area contributed by atoms with Gasteiger partial charge in [0, 0.05) is 5.56 Å². The molecule has 0 spiro atoms. The summed E-state index contributed by atoms with van der Waals surface area (Å²) in [6.07, 6.45) is 3.08. The van der Waals surface area contributed by atoms with E-state index >= 15 is 0 Å². The molecule has 0 saturated carbocycles. The van der Waals surface area contributed by atoms with Crippen molar-refractivity contribution in [1.82, 2.24) is 5.32 Å². The van der Waals surface area contributed by atoms with E-state index in [1.54, 1.807) is 49.4 Å². The Morgan fingerprint density at radius 3 is 2.29 bits per heavy atom. The number of anilines is 1. The van der Waals surface area contributed by atoms with E-state index in [1.807, 2.05) is 20.8 Å². The highest BCUT2D eigenvalue weighted by Gasteiger charge is 2.37. The SMILES string of the molecule is C=CCc1cc(/C=C2\C(=O)NC(=O)N(c3ccc(C)c(C)c3)C2=O)cc(OCC)c1OS(=O)(=O)c1ccc(C)cc1. The van der Waals surface area contributed by atoms with Crippen molar-refractivity contribution in [3.63, 3.8) is 0 Å². The summed E-state index contributed by atoms with van der Waals surface area (Å²) in [5.74, 6) is -1.58. The zero-order valence-electron chi connectivity index (χ0n) is 23.2. The molecule has 3 aromatic rings. The van der Waals surface area contributed by atoms with Gasteiger partial charge in [0.25, 0.3) is 11.8 Å². The quantitative estimate of drug-likeness (QED) is 0.162. The minimum Gasteiger partial charge on any atom is -0.490 e. The summed E-state index contributed by atoms with van der Waals surface area (Å²) in [5.41, 5.74) is 3.55. The number of rotatable bonds is 9. The van der Waals surface area contributed by atoms with Gasteiger partial charge in [-0.15, -0.1) is 6.58 Å². The number of ether oxygens (including phenoxy) is 1. The summed E-state index contributed by atoms with van der Waals surface area (Å²) in [7, 11) is -4.21. The average Bonchev–Trinajstić information content (AvgIpc) is 2.91. The van der Waals surface area contributed by atoms with Crippen LogP contribution in [-0.2, 0) is 26.1 Å². The lowest BCUT2D eigenvalue weighted by molar-refractivity contribution is -0.122. The van der Waals surface area contributed by atoms with Crippen LogP contribution in [-0.4, -0.2) is 32.9 Å². The number of benzene rings is 3. The minimum atomic E-state index is -4.21. The molecule has 1 fully saturated rings. The number of carbonyl (C=O) groups is 3. The van der Waals surface area contributed by atoms with Crippen molar-refractivity contribution in [2.45, 2.75) is 39.0 Å². The van der Waals surface area contributed by atoms with Gasteiger partial charge in [0.05, 0.1) is 12.3 Å². The monoisotopic (exact) mass is 574 g/mol. The van der Waals surface area contributed by atoms with Gasteiger partial charge in [0.1, 0.15) is 10.5 Å². The van der Waals surface area contributed by atoms with Gasteiger partial charge in [-0.2, -0.15) is 8.42 Å². The summed E-state index contributed by atoms with van der Waals surface area (Å²) in [4.78, 5) is 39.7. The number of imide groups is 2. The molecule has 9 nitrogen and oxygen atoms in total. The summed E-state index contributed by atoms with van der Waals surface area (Å²) in [6, 6.07) is 13.5. The number of nitrogens with one attached hydrogen (secondary N) is 1. The normalized spacial score (nSPS) is 14.7. The molecule has 1 heterocycles. The van der Waals surface area contributed by atoms with E-state index in [0.717, 1.165) is 21.6 Å².